The molecule has 3 aliphatic heterocycles. The number of benzene rings is 2. The fourth-order valence-corrected chi connectivity index (χ4v) is 7.56. The lowest BCUT2D eigenvalue weighted by Gasteiger charge is -2.38. The van der Waals surface area contributed by atoms with Crippen molar-refractivity contribution in [3.63, 3.8) is 0 Å². The smallest absolute Gasteiger partial charge is 0.312 e. The number of phenolic OH excluding ortho intramolecular Hbond substituents is 2. The molecule has 2 aromatic rings. The van der Waals surface area contributed by atoms with Crippen molar-refractivity contribution in [3.8, 4) is 23.0 Å². The number of hydrogen-bond donors (Lipinski definition) is 5. The lowest BCUT2D eigenvalue weighted by molar-refractivity contribution is -0.160. The average Bonchev–Trinajstić information content (AvgIpc) is 3.45. The Labute approximate surface area is 339 Å². The number of aromatic hydroxyl groups is 2. The van der Waals surface area contributed by atoms with Gasteiger partial charge in [0.25, 0.3) is 17.6 Å². The summed E-state index contributed by atoms with van der Waals surface area (Å²) in [6.45, 7) is 16.5. The van der Waals surface area contributed by atoms with Crippen LogP contribution in [0.3, 0.4) is 0 Å². The molecule has 0 unspecified atom stereocenters. The minimum atomic E-state index is -2.02. The largest absolute Gasteiger partial charge is 0.507 e. The first-order valence-corrected chi connectivity index (χ1v) is 19.5. The van der Waals surface area contributed by atoms with Crippen LogP contribution in [0.15, 0.2) is 42.2 Å². The first-order valence-electron chi connectivity index (χ1n) is 19.5. The highest BCUT2D eigenvalue weighted by atomic mass is 16.7. The molecule has 15 heteroatoms. The van der Waals surface area contributed by atoms with E-state index in [-0.39, 0.29) is 50.6 Å². The van der Waals surface area contributed by atoms with Gasteiger partial charge in [0.15, 0.2) is 12.4 Å². The molecule has 58 heavy (non-hydrogen) atoms. The van der Waals surface area contributed by atoms with Gasteiger partial charge in [-0.15, -0.1) is 0 Å². The van der Waals surface area contributed by atoms with E-state index in [2.05, 4.69) is 5.32 Å². The van der Waals surface area contributed by atoms with Crippen LogP contribution in [-0.4, -0.2) is 106 Å². The van der Waals surface area contributed by atoms with Crippen molar-refractivity contribution in [2.45, 2.75) is 99.4 Å². The third kappa shape index (κ3) is 9.11. The molecular formula is C43H58N2O13. The van der Waals surface area contributed by atoms with E-state index in [4.69, 9.17) is 23.7 Å². The molecule has 15 nitrogen and oxygen atoms in total. The van der Waals surface area contributed by atoms with Gasteiger partial charge in [-0.05, 0) is 33.8 Å². The number of phenols is 2. The van der Waals surface area contributed by atoms with Crippen LogP contribution in [0.25, 0.3) is 10.8 Å². The van der Waals surface area contributed by atoms with Crippen molar-refractivity contribution in [2.24, 2.45) is 23.7 Å². The van der Waals surface area contributed by atoms with E-state index in [0.29, 0.717) is 13.1 Å². The number of amides is 2. The zero-order valence-electron chi connectivity index (χ0n) is 35.1. The highest BCUT2D eigenvalue weighted by Gasteiger charge is 2.49. The number of nitrogens with zero attached hydrogens (tertiary/aromatic N) is 1. The van der Waals surface area contributed by atoms with Gasteiger partial charge in [-0.3, -0.25) is 19.2 Å². The normalized spacial score (nSPS) is 28.1. The van der Waals surface area contributed by atoms with Gasteiger partial charge >= 0.3 is 11.8 Å². The van der Waals surface area contributed by atoms with Crippen LogP contribution >= 0.6 is 0 Å². The molecule has 0 radical (unpaired) electrons. The number of hydrogen-bond acceptors (Lipinski definition) is 13. The summed E-state index contributed by atoms with van der Waals surface area (Å²) in [5.74, 6) is -8.01. The van der Waals surface area contributed by atoms with E-state index >= 15 is 0 Å². The lowest BCUT2D eigenvalue weighted by atomic mass is 9.78. The predicted octanol–water partition coefficient (Wildman–Crippen LogP) is 5.30. The van der Waals surface area contributed by atoms with E-state index in [0.717, 1.165) is 0 Å². The number of carbonyl (C=O) groups excluding carboxylic acids is 4. The van der Waals surface area contributed by atoms with Crippen molar-refractivity contribution in [3.05, 3.63) is 53.3 Å². The van der Waals surface area contributed by atoms with Gasteiger partial charge in [0, 0.05) is 80.3 Å². The minimum absolute atomic E-state index is 0.0574. The van der Waals surface area contributed by atoms with Crippen LogP contribution < -0.4 is 14.8 Å². The van der Waals surface area contributed by atoms with Crippen LogP contribution in [0.1, 0.15) is 78.2 Å². The molecule has 0 saturated heterocycles. The van der Waals surface area contributed by atoms with E-state index in [1.807, 2.05) is 13.8 Å². The number of likely N-dealkylation sites (N-methyl/N-ethyl adjacent to an activating group) is 1. The second kappa shape index (κ2) is 18.6. The third-order valence-electron chi connectivity index (χ3n) is 11.3. The Morgan fingerprint density at radius 2 is 1.60 bits per heavy atom. The number of carbonyl (C=O) groups is 4. The summed E-state index contributed by atoms with van der Waals surface area (Å²) in [7, 11) is 1.44. The molecule has 0 aromatic heterocycles. The van der Waals surface area contributed by atoms with E-state index in [9.17, 15) is 39.6 Å². The van der Waals surface area contributed by atoms with Crippen molar-refractivity contribution in [2.75, 3.05) is 32.1 Å². The number of esters is 1. The molecule has 3 heterocycles. The molecule has 2 amide bonds. The highest BCUT2D eigenvalue weighted by Crippen LogP contribution is 2.54. The Morgan fingerprint density at radius 1 is 0.948 bits per heavy atom. The maximum atomic E-state index is 14.4. The Hall–Kier alpha value is -5.12. The Morgan fingerprint density at radius 3 is 2.21 bits per heavy atom. The number of allylic oxidation sites excluding steroid dienone is 2. The maximum absolute atomic E-state index is 14.4. The van der Waals surface area contributed by atoms with Crippen molar-refractivity contribution >= 4 is 40.0 Å². The summed E-state index contributed by atoms with van der Waals surface area (Å²) in [6.07, 6.45) is 3.60. The number of methoxy groups -OCH3 is 1. The summed E-state index contributed by atoms with van der Waals surface area (Å²) >= 11 is 0. The zero-order chi connectivity index (χ0) is 43.4. The summed E-state index contributed by atoms with van der Waals surface area (Å²) in [4.78, 5) is 54.9. The monoisotopic (exact) mass is 810 g/mol. The predicted molar refractivity (Wildman–Crippen MR) is 216 cm³/mol. The van der Waals surface area contributed by atoms with Gasteiger partial charge in [-0.25, -0.2) is 0 Å². The van der Waals surface area contributed by atoms with Crippen molar-refractivity contribution in [1.82, 2.24) is 4.90 Å². The Bertz CT molecular complexity index is 1990. The molecular weight excluding hydrogens is 752 g/mol. The third-order valence-corrected chi connectivity index (χ3v) is 11.3. The van der Waals surface area contributed by atoms with Crippen LogP contribution in [-0.2, 0) is 28.6 Å². The molecule has 0 fully saturated rings. The SMILES string of the molecule is CCN(CC)C(=O)COc1cc2c(O)c3c(O)c(C)c4c(c13)C(=O)[C@@](C)(OC=C[C@H](OC)[C@H](C)[C@H](OC(C)=O)[C@H](C)[C@H](O)[C@H](C)[C@@H](O)[C@H](C)C=CC=C(C)C(=O)N2)O4. The Balaban J connectivity index is 1.94. The molecule has 5 N–H and O–H groups in total. The van der Waals surface area contributed by atoms with Gasteiger partial charge in [0.1, 0.15) is 23.4 Å². The standard InChI is InChI=1S/C43H58N2O13/c1-12-45(13-2)31(47)20-55-30-19-28-38(51)33-32(30)34-40(26(8)37(33)50)58-43(10,41(34)52)56-18-17-29(54-11)23(5)39(57-27(9)46)25(7)36(49)24(6)35(48)21(3)15-14-16-22(4)42(53)44-28/h14-19,21,23-25,29,35-36,39,48-51H,12-13,20H2,1-11H3,(H,44,53)/t21-,23+,24-,25-,29+,35+,36-,39+,43+/m1/s1. The number of aliphatic hydroxyl groups excluding tert-OH is 2. The maximum Gasteiger partial charge on any atom is 0.312 e. The molecule has 0 spiro atoms. The lowest BCUT2D eigenvalue weighted by Crippen LogP contribution is -2.46. The van der Waals surface area contributed by atoms with E-state index in [1.54, 1.807) is 44.7 Å². The molecule has 2 aromatic carbocycles. The molecule has 318 valence electrons. The summed E-state index contributed by atoms with van der Waals surface area (Å²) in [5.41, 5.74) is -0.00860. The molecule has 0 saturated carbocycles. The van der Waals surface area contributed by atoms with Crippen LogP contribution in [0.5, 0.6) is 23.0 Å². The zero-order valence-corrected chi connectivity index (χ0v) is 35.1. The number of aliphatic hydroxyl groups is 2. The Kier molecular flexibility index (Phi) is 14.6. The van der Waals surface area contributed by atoms with Gasteiger partial charge in [0.2, 0.25) is 0 Å². The molecule has 5 rings (SSSR count). The topological polar surface area (TPSA) is 211 Å². The van der Waals surface area contributed by atoms with Crippen LogP contribution in [0.4, 0.5) is 5.69 Å². The first kappa shape index (κ1) is 45.6. The minimum Gasteiger partial charge on any atom is -0.507 e. The number of anilines is 1. The highest BCUT2D eigenvalue weighted by molar-refractivity contribution is 6.21. The average molecular weight is 811 g/mol. The first-order chi connectivity index (χ1) is 27.2. The van der Waals surface area contributed by atoms with Gasteiger partial charge in [-0.2, -0.15) is 0 Å². The molecule has 5 bridgehead atoms. The van der Waals surface area contributed by atoms with Crippen molar-refractivity contribution in [1.29, 1.82) is 0 Å². The van der Waals surface area contributed by atoms with Crippen molar-refractivity contribution < 1.29 is 63.3 Å². The van der Waals surface area contributed by atoms with Crippen LogP contribution in [0.2, 0.25) is 0 Å². The summed E-state index contributed by atoms with van der Waals surface area (Å²) in [6, 6.07) is 1.27. The number of rotatable bonds is 7. The molecule has 9 atom stereocenters. The van der Waals surface area contributed by atoms with E-state index < -0.39 is 89.6 Å². The van der Waals surface area contributed by atoms with E-state index in [1.165, 1.54) is 59.3 Å². The fourth-order valence-electron chi connectivity index (χ4n) is 7.56. The van der Waals surface area contributed by atoms with Gasteiger partial charge in [0.05, 0.1) is 41.2 Å². The van der Waals surface area contributed by atoms with Gasteiger partial charge < -0.3 is 54.3 Å². The molecule has 0 aliphatic carbocycles. The quantitative estimate of drug-likeness (QED) is 0.178. The second-order valence-corrected chi connectivity index (χ2v) is 15.3. The number of fused-ring (bicyclic) bond motifs is 14. The second-order valence-electron chi connectivity index (χ2n) is 15.3. The summed E-state index contributed by atoms with van der Waals surface area (Å²) < 4.78 is 29.7. The molecule has 3 aliphatic rings. The number of nitrogens with one attached hydrogen (secondary N) is 1. The fraction of sp³-hybridized carbons (Fsp3) is 0.535. The van der Waals surface area contributed by atoms with Gasteiger partial charge in [-0.1, -0.05) is 45.9 Å². The number of ether oxygens (including phenoxy) is 5. The van der Waals surface area contributed by atoms with Crippen LogP contribution in [0, 0.1) is 30.6 Å². The number of ketones is 1. The number of Topliss-reactive ketones (excluding diaryl/α,β-unsaturated/α-hetero) is 1. The summed E-state index contributed by atoms with van der Waals surface area (Å²) in [5, 5.41) is 48.4.